The highest BCUT2D eigenvalue weighted by atomic mass is 19.1. The molecule has 0 bridgehead atoms. The molecule has 3 N–H and O–H groups in total. The van der Waals surface area contributed by atoms with E-state index in [1.165, 1.54) is 12.1 Å². The van der Waals surface area contributed by atoms with Gasteiger partial charge in [-0.2, -0.15) is 0 Å². The Morgan fingerprint density at radius 3 is 2.15 bits per heavy atom. The normalized spacial score (nSPS) is 12.4. The number of benzene rings is 2. The smallest absolute Gasteiger partial charge is 0.130 e. The average Bonchev–Trinajstić information content (AvgIpc) is 2.40. The lowest BCUT2D eigenvalue weighted by Crippen LogP contribution is -2.30. The van der Waals surface area contributed by atoms with Crippen LogP contribution in [-0.2, 0) is 6.42 Å². The highest BCUT2D eigenvalue weighted by Crippen LogP contribution is 2.24. The Hall–Kier alpha value is -1.92. The Morgan fingerprint density at radius 2 is 1.60 bits per heavy atom. The van der Waals surface area contributed by atoms with Crippen LogP contribution in [0.4, 0.5) is 17.6 Å². The molecule has 0 saturated carbocycles. The van der Waals surface area contributed by atoms with Crippen LogP contribution in [0.5, 0.6) is 0 Å². The van der Waals surface area contributed by atoms with Crippen molar-refractivity contribution in [1.82, 2.24) is 5.43 Å². The van der Waals surface area contributed by atoms with Crippen LogP contribution in [0.1, 0.15) is 17.2 Å². The van der Waals surface area contributed by atoms with E-state index in [1.54, 1.807) is 0 Å². The first kappa shape index (κ1) is 14.5. The second-order valence-electron chi connectivity index (χ2n) is 4.29. The number of rotatable bonds is 4. The van der Waals surface area contributed by atoms with Crippen molar-refractivity contribution in [1.29, 1.82) is 0 Å². The molecular weight excluding hydrogens is 272 g/mol. The van der Waals surface area contributed by atoms with Crippen LogP contribution in [0.25, 0.3) is 0 Å². The number of nitrogens with one attached hydrogen (secondary N) is 1. The SMILES string of the molecule is NNC(Cc1c(F)cccc1F)c1ccc(F)cc1F. The zero-order chi connectivity index (χ0) is 14.7. The van der Waals surface area contributed by atoms with Gasteiger partial charge in [0.2, 0.25) is 0 Å². The molecule has 0 radical (unpaired) electrons. The molecule has 1 unspecified atom stereocenters. The third-order valence-corrected chi connectivity index (χ3v) is 3.01. The lowest BCUT2D eigenvalue weighted by Gasteiger charge is -2.18. The first-order valence-corrected chi connectivity index (χ1v) is 5.87. The summed E-state index contributed by atoms with van der Waals surface area (Å²) in [5.74, 6) is 2.25. The second kappa shape index (κ2) is 6.02. The van der Waals surface area contributed by atoms with Gasteiger partial charge in [-0.15, -0.1) is 0 Å². The molecule has 0 aromatic heterocycles. The number of hydrazine groups is 1. The highest BCUT2D eigenvalue weighted by Gasteiger charge is 2.19. The Kier molecular flexibility index (Phi) is 4.36. The molecule has 6 heteroatoms. The minimum Gasteiger partial charge on any atom is -0.271 e. The van der Waals surface area contributed by atoms with E-state index in [-0.39, 0.29) is 17.5 Å². The van der Waals surface area contributed by atoms with Crippen LogP contribution >= 0.6 is 0 Å². The van der Waals surface area contributed by atoms with Crippen molar-refractivity contribution in [2.75, 3.05) is 0 Å². The van der Waals surface area contributed by atoms with Gasteiger partial charge in [-0.05, 0) is 24.6 Å². The van der Waals surface area contributed by atoms with Gasteiger partial charge in [0, 0.05) is 17.2 Å². The molecule has 20 heavy (non-hydrogen) atoms. The van der Waals surface area contributed by atoms with Crippen molar-refractivity contribution >= 4 is 0 Å². The maximum Gasteiger partial charge on any atom is 0.130 e. The van der Waals surface area contributed by atoms with Crippen molar-refractivity contribution in [3.8, 4) is 0 Å². The monoisotopic (exact) mass is 284 g/mol. The predicted molar refractivity (Wildman–Crippen MR) is 66.5 cm³/mol. The van der Waals surface area contributed by atoms with Gasteiger partial charge in [-0.3, -0.25) is 11.3 Å². The zero-order valence-electron chi connectivity index (χ0n) is 10.3. The molecule has 2 rings (SSSR count). The Balaban J connectivity index is 2.34. The standard InChI is InChI=1S/C14H12F4N2/c15-8-4-5-9(13(18)6-8)14(20-19)7-10-11(16)2-1-3-12(10)17/h1-6,14,20H,7,19H2. The van der Waals surface area contributed by atoms with Gasteiger partial charge in [-0.1, -0.05) is 12.1 Å². The largest absolute Gasteiger partial charge is 0.271 e. The van der Waals surface area contributed by atoms with Crippen molar-refractivity contribution in [3.63, 3.8) is 0 Å². The molecule has 0 fully saturated rings. The first-order valence-electron chi connectivity index (χ1n) is 5.87. The van der Waals surface area contributed by atoms with E-state index in [1.807, 2.05) is 0 Å². The van der Waals surface area contributed by atoms with Gasteiger partial charge in [-0.25, -0.2) is 17.6 Å². The van der Waals surface area contributed by atoms with Crippen LogP contribution in [0.2, 0.25) is 0 Å². The Labute approximate surface area is 113 Å². The summed E-state index contributed by atoms with van der Waals surface area (Å²) in [6.07, 6.45) is -0.197. The van der Waals surface area contributed by atoms with Crippen molar-refractivity contribution < 1.29 is 17.6 Å². The Morgan fingerprint density at radius 1 is 0.950 bits per heavy atom. The van der Waals surface area contributed by atoms with E-state index in [2.05, 4.69) is 5.43 Å². The lowest BCUT2D eigenvalue weighted by molar-refractivity contribution is 0.477. The van der Waals surface area contributed by atoms with Crippen molar-refractivity contribution in [2.45, 2.75) is 12.5 Å². The van der Waals surface area contributed by atoms with E-state index in [0.29, 0.717) is 6.07 Å². The summed E-state index contributed by atoms with van der Waals surface area (Å²) in [5.41, 5.74) is 2.12. The number of hydrogen-bond acceptors (Lipinski definition) is 2. The maximum absolute atomic E-state index is 13.7. The molecule has 0 amide bonds. The molecule has 2 aromatic carbocycles. The fourth-order valence-corrected chi connectivity index (χ4v) is 1.97. The van der Waals surface area contributed by atoms with Gasteiger partial charge < -0.3 is 0 Å². The van der Waals surface area contributed by atoms with E-state index in [0.717, 1.165) is 18.2 Å². The molecule has 0 saturated heterocycles. The maximum atomic E-state index is 13.7. The molecule has 2 aromatic rings. The van der Waals surface area contributed by atoms with Gasteiger partial charge in [0.15, 0.2) is 0 Å². The summed E-state index contributed by atoms with van der Waals surface area (Å²) < 4.78 is 53.7. The topological polar surface area (TPSA) is 38.0 Å². The summed E-state index contributed by atoms with van der Waals surface area (Å²) >= 11 is 0. The van der Waals surface area contributed by atoms with Gasteiger partial charge >= 0.3 is 0 Å². The molecule has 0 aliphatic heterocycles. The van der Waals surface area contributed by atoms with E-state index in [4.69, 9.17) is 5.84 Å². The number of hydrogen-bond donors (Lipinski definition) is 2. The highest BCUT2D eigenvalue weighted by molar-refractivity contribution is 5.27. The van der Waals surface area contributed by atoms with Crippen molar-refractivity contribution in [2.24, 2.45) is 5.84 Å². The molecule has 0 heterocycles. The third kappa shape index (κ3) is 2.97. The third-order valence-electron chi connectivity index (χ3n) is 3.01. The minimum absolute atomic E-state index is 0.0385. The van der Waals surface area contributed by atoms with Crippen LogP contribution in [-0.4, -0.2) is 0 Å². The van der Waals surface area contributed by atoms with E-state index >= 15 is 0 Å². The molecule has 0 aliphatic rings. The molecular formula is C14H12F4N2. The molecule has 0 aliphatic carbocycles. The number of nitrogens with two attached hydrogens (primary N) is 1. The predicted octanol–water partition coefficient (Wildman–Crippen LogP) is 2.99. The zero-order valence-corrected chi connectivity index (χ0v) is 10.3. The first-order chi connectivity index (χ1) is 9.52. The summed E-state index contributed by atoms with van der Waals surface area (Å²) in [6, 6.07) is 5.51. The second-order valence-corrected chi connectivity index (χ2v) is 4.29. The fraction of sp³-hybridized carbons (Fsp3) is 0.143. The molecule has 2 nitrogen and oxygen atoms in total. The van der Waals surface area contributed by atoms with Gasteiger partial charge in [0.1, 0.15) is 23.3 Å². The van der Waals surface area contributed by atoms with Crippen molar-refractivity contribution in [3.05, 3.63) is 70.8 Å². The lowest BCUT2D eigenvalue weighted by atomic mass is 9.98. The van der Waals surface area contributed by atoms with Gasteiger partial charge in [0.05, 0.1) is 6.04 Å². The van der Waals surface area contributed by atoms with Crippen LogP contribution in [0.15, 0.2) is 36.4 Å². The molecule has 0 spiro atoms. The van der Waals surface area contributed by atoms with Crippen LogP contribution in [0, 0.1) is 23.3 Å². The van der Waals surface area contributed by atoms with Crippen LogP contribution in [0.3, 0.4) is 0 Å². The summed E-state index contributed by atoms with van der Waals surface area (Å²) in [4.78, 5) is 0. The molecule has 106 valence electrons. The molecule has 1 atom stereocenters. The average molecular weight is 284 g/mol. The van der Waals surface area contributed by atoms with E-state index in [9.17, 15) is 17.6 Å². The quantitative estimate of drug-likeness (QED) is 0.514. The fourth-order valence-electron chi connectivity index (χ4n) is 1.97. The number of halogens is 4. The van der Waals surface area contributed by atoms with Gasteiger partial charge in [0.25, 0.3) is 0 Å². The minimum atomic E-state index is -0.873. The Bertz CT molecular complexity index is 596. The summed E-state index contributed by atoms with van der Waals surface area (Å²) in [6.45, 7) is 0. The summed E-state index contributed by atoms with van der Waals surface area (Å²) in [5, 5.41) is 0. The van der Waals surface area contributed by atoms with Crippen LogP contribution < -0.4 is 11.3 Å². The summed E-state index contributed by atoms with van der Waals surface area (Å²) in [7, 11) is 0. The van der Waals surface area contributed by atoms with E-state index < -0.39 is 29.3 Å².